The van der Waals surface area contributed by atoms with Crippen molar-refractivity contribution in [3.05, 3.63) is 29.6 Å². The number of anilines is 1. The molecule has 4 nitrogen and oxygen atoms in total. The SMILES string of the molecule is CC1(C)C2C(=O)N(c3cccc(F)c3CN)C(=O)C21. The maximum atomic E-state index is 13.7. The van der Waals surface area contributed by atoms with Gasteiger partial charge in [-0.05, 0) is 17.5 Å². The molecule has 2 amide bonds. The van der Waals surface area contributed by atoms with Crippen LogP contribution in [0.5, 0.6) is 0 Å². The van der Waals surface area contributed by atoms with Crippen LogP contribution in [0.2, 0.25) is 0 Å². The fourth-order valence-corrected chi connectivity index (χ4v) is 3.14. The molecule has 2 fully saturated rings. The van der Waals surface area contributed by atoms with Crippen LogP contribution in [0.4, 0.5) is 10.1 Å². The molecule has 2 unspecified atom stereocenters. The van der Waals surface area contributed by atoms with Gasteiger partial charge in [-0.3, -0.25) is 9.59 Å². The normalized spacial score (nSPS) is 27.7. The first-order valence-corrected chi connectivity index (χ1v) is 6.26. The minimum atomic E-state index is -0.486. The fourth-order valence-electron chi connectivity index (χ4n) is 3.14. The average molecular weight is 262 g/mol. The molecule has 1 aliphatic carbocycles. The number of benzene rings is 1. The fraction of sp³-hybridized carbons (Fsp3) is 0.429. The van der Waals surface area contributed by atoms with Crippen molar-refractivity contribution in [3.63, 3.8) is 0 Å². The van der Waals surface area contributed by atoms with Crippen LogP contribution < -0.4 is 10.6 Å². The zero-order valence-electron chi connectivity index (χ0n) is 10.8. The minimum absolute atomic E-state index is 0.0439. The lowest BCUT2D eigenvalue weighted by atomic mass is 10.0. The van der Waals surface area contributed by atoms with E-state index in [1.165, 1.54) is 12.1 Å². The molecule has 0 spiro atoms. The lowest BCUT2D eigenvalue weighted by Crippen LogP contribution is -2.37. The van der Waals surface area contributed by atoms with Gasteiger partial charge in [-0.2, -0.15) is 0 Å². The van der Waals surface area contributed by atoms with Crippen LogP contribution in [0.3, 0.4) is 0 Å². The van der Waals surface area contributed by atoms with Crippen LogP contribution in [-0.4, -0.2) is 11.8 Å². The third-order valence-corrected chi connectivity index (χ3v) is 4.34. The Bertz CT molecular complexity index is 573. The standard InChI is InChI=1S/C14H15FN2O2/c1-14(2)10-11(14)13(19)17(12(10)18)9-5-3-4-8(15)7(9)6-16/h3-5,10-11H,6,16H2,1-2H3. The summed E-state index contributed by atoms with van der Waals surface area (Å²) in [6.45, 7) is 3.77. The summed E-state index contributed by atoms with van der Waals surface area (Å²) in [6.07, 6.45) is 0. The van der Waals surface area contributed by atoms with E-state index in [9.17, 15) is 14.0 Å². The Morgan fingerprint density at radius 1 is 1.26 bits per heavy atom. The van der Waals surface area contributed by atoms with Gasteiger partial charge in [-0.15, -0.1) is 0 Å². The van der Waals surface area contributed by atoms with Crippen molar-refractivity contribution in [1.82, 2.24) is 0 Å². The Labute approximate surface area is 110 Å². The zero-order valence-corrected chi connectivity index (χ0v) is 10.8. The Morgan fingerprint density at radius 2 is 1.84 bits per heavy atom. The number of piperidine rings is 1. The molecule has 5 heteroatoms. The van der Waals surface area contributed by atoms with Gasteiger partial charge < -0.3 is 5.73 Å². The van der Waals surface area contributed by atoms with E-state index >= 15 is 0 Å². The third-order valence-electron chi connectivity index (χ3n) is 4.34. The number of halogens is 1. The van der Waals surface area contributed by atoms with E-state index in [1.807, 2.05) is 13.8 Å². The highest BCUT2D eigenvalue weighted by molar-refractivity contribution is 6.26. The second kappa shape index (κ2) is 3.63. The number of hydrogen-bond donors (Lipinski definition) is 1. The first-order chi connectivity index (χ1) is 8.91. The molecule has 0 bridgehead atoms. The lowest BCUT2D eigenvalue weighted by Gasteiger charge is -2.22. The maximum absolute atomic E-state index is 13.7. The summed E-state index contributed by atoms with van der Waals surface area (Å²) in [5.41, 5.74) is 5.76. The molecular weight excluding hydrogens is 247 g/mol. The van der Waals surface area contributed by atoms with E-state index in [4.69, 9.17) is 5.73 Å². The minimum Gasteiger partial charge on any atom is -0.326 e. The number of carbonyl (C=O) groups is 2. The monoisotopic (exact) mass is 262 g/mol. The van der Waals surface area contributed by atoms with Crippen molar-refractivity contribution in [2.45, 2.75) is 20.4 Å². The molecule has 2 N–H and O–H groups in total. The van der Waals surface area contributed by atoms with E-state index in [-0.39, 0.29) is 41.2 Å². The number of carbonyl (C=O) groups excluding carboxylic acids is 2. The van der Waals surface area contributed by atoms with Gasteiger partial charge >= 0.3 is 0 Å². The van der Waals surface area contributed by atoms with Crippen LogP contribution in [0.1, 0.15) is 19.4 Å². The van der Waals surface area contributed by atoms with E-state index < -0.39 is 5.82 Å². The molecule has 1 heterocycles. The van der Waals surface area contributed by atoms with Crippen LogP contribution in [0.25, 0.3) is 0 Å². The number of amides is 2. The Kier molecular flexibility index (Phi) is 2.35. The van der Waals surface area contributed by atoms with Gasteiger partial charge in [0.25, 0.3) is 0 Å². The summed E-state index contributed by atoms with van der Waals surface area (Å²) in [5.74, 6) is -1.50. The predicted molar refractivity (Wildman–Crippen MR) is 67.5 cm³/mol. The van der Waals surface area contributed by atoms with Crippen molar-refractivity contribution in [2.24, 2.45) is 23.0 Å². The number of rotatable bonds is 2. The number of nitrogens with zero attached hydrogens (tertiary/aromatic N) is 1. The molecule has 1 aromatic carbocycles. The van der Waals surface area contributed by atoms with Crippen LogP contribution in [0.15, 0.2) is 18.2 Å². The van der Waals surface area contributed by atoms with Crippen LogP contribution in [-0.2, 0) is 16.1 Å². The van der Waals surface area contributed by atoms with Crippen molar-refractivity contribution in [3.8, 4) is 0 Å². The summed E-state index contributed by atoms with van der Waals surface area (Å²) >= 11 is 0. The molecule has 3 rings (SSSR count). The Balaban J connectivity index is 2.04. The number of nitrogens with two attached hydrogens (primary N) is 1. The van der Waals surface area contributed by atoms with E-state index in [0.29, 0.717) is 5.69 Å². The largest absolute Gasteiger partial charge is 0.326 e. The van der Waals surface area contributed by atoms with Gasteiger partial charge in [0.15, 0.2) is 0 Å². The highest BCUT2D eigenvalue weighted by Crippen LogP contribution is 2.63. The smallest absolute Gasteiger partial charge is 0.238 e. The molecular formula is C14H15FN2O2. The third kappa shape index (κ3) is 1.42. The topological polar surface area (TPSA) is 63.4 Å². The zero-order chi connectivity index (χ0) is 13.9. The molecule has 1 saturated heterocycles. The molecule has 1 aliphatic heterocycles. The molecule has 19 heavy (non-hydrogen) atoms. The molecule has 2 atom stereocenters. The second-order valence-electron chi connectivity index (χ2n) is 5.73. The average Bonchev–Trinajstić information content (AvgIpc) is 2.80. The van der Waals surface area contributed by atoms with Crippen molar-refractivity contribution in [1.29, 1.82) is 0 Å². The van der Waals surface area contributed by atoms with Gasteiger partial charge in [0.2, 0.25) is 11.8 Å². The Hall–Kier alpha value is -1.75. The van der Waals surface area contributed by atoms with Crippen molar-refractivity contribution < 1.29 is 14.0 Å². The van der Waals surface area contributed by atoms with Gasteiger partial charge in [-0.1, -0.05) is 19.9 Å². The first kappa shape index (κ1) is 12.3. The summed E-state index contributed by atoms with van der Waals surface area (Å²) in [5, 5.41) is 0. The molecule has 0 aromatic heterocycles. The van der Waals surface area contributed by atoms with Crippen molar-refractivity contribution >= 4 is 17.5 Å². The molecule has 1 saturated carbocycles. The maximum Gasteiger partial charge on any atom is 0.238 e. The van der Waals surface area contributed by atoms with Gasteiger partial charge in [0.05, 0.1) is 17.5 Å². The van der Waals surface area contributed by atoms with Gasteiger partial charge in [-0.25, -0.2) is 9.29 Å². The van der Waals surface area contributed by atoms with Gasteiger partial charge in [0, 0.05) is 12.1 Å². The highest BCUT2D eigenvalue weighted by atomic mass is 19.1. The second-order valence-corrected chi connectivity index (χ2v) is 5.73. The summed E-state index contributed by atoms with van der Waals surface area (Å²) in [6, 6.07) is 4.33. The predicted octanol–water partition coefficient (Wildman–Crippen LogP) is 1.43. The van der Waals surface area contributed by atoms with E-state index in [1.54, 1.807) is 6.07 Å². The van der Waals surface area contributed by atoms with E-state index in [0.717, 1.165) is 4.90 Å². The van der Waals surface area contributed by atoms with E-state index in [2.05, 4.69) is 0 Å². The van der Waals surface area contributed by atoms with Crippen molar-refractivity contribution in [2.75, 3.05) is 4.90 Å². The molecule has 2 aliphatic rings. The number of imide groups is 1. The first-order valence-electron chi connectivity index (χ1n) is 6.26. The lowest BCUT2D eigenvalue weighted by molar-refractivity contribution is -0.125. The summed E-state index contributed by atoms with van der Waals surface area (Å²) < 4.78 is 13.7. The number of fused-ring (bicyclic) bond motifs is 1. The van der Waals surface area contributed by atoms with Gasteiger partial charge in [0.1, 0.15) is 5.82 Å². The van der Waals surface area contributed by atoms with Crippen LogP contribution in [0, 0.1) is 23.1 Å². The molecule has 0 radical (unpaired) electrons. The highest BCUT2D eigenvalue weighted by Gasteiger charge is 2.72. The summed E-state index contributed by atoms with van der Waals surface area (Å²) in [7, 11) is 0. The molecule has 1 aromatic rings. The Morgan fingerprint density at radius 3 is 2.37 bits per heavy atom. The molecule has 100 valence electrons. The number of hydrogen-bond acceptors (Lipinski definition) is 3. The quantitative estimate of drug-likeness (QED) is 0.820. The van der Waals surface area contributed by atoms with Crippen LogP contribution >= 0.6 is 0 Å². The summed E-state index contributed by atoms with van der Waals surface area (Å²) in [4.78, 5) is 25.7.